The van der Waals surface area contributed by atoms with Gasteiger partial charge in [-0.1, -0.05) is 18.2 Å². The average molecular weight is 321 g/mol. The maximum absolute atomic E-state index is 10.8. The number of benzene rings is 2. The number of hydrogen-bond acceptors (Lipinski definition) is 5. The minimum atomic E-state index is -0.984. The molecule has 1 aromatic heterocycles. The first-order valence-corrected chi connectivity index (χ1v) is 7.22. The van der Waals surface area contributed by atoms with Crippen molar-refractivity contribution < 1.29 is 9.90 Å². The molecular formula is C17H15N5O2. The van der Waals surface area contributed by atoms with Crippen molar-refractivity contribution in [1.29, 1.82) is 0 Å². The van der Waals surface area contributed by atoms with Gasteiger partial charge in [0.2, 0.25) is 0 Å². The second-order valence-corrected chi connectivity index (χ2v) is 5.12. The van der Waals surface area contributed by atoms with Crippen LogP contribution in [0.3, 0.4) is 0 Å². The summed E-state index contributed by atoms with van der Waals surface area (Å²) in [5, 5.41) is 21.5. The van der Waals surface area contributed by atoms with Gasteiger partial charge in [-0.15, -0.1) is 5.11 Å². The second-order valence-electron chi connectivity index (χ2n) is 5.12. The highest BCUT2D eigenvalue weighted by molar-refractivity contribution is 5.87. The van der Waals surface area contributed by atoms with Crippen molar-refractivity contribution in [3.63, 3.8) is 0 Å². The number of carbonyl (C=O) groups is 1. The molecular weight excluding hydrogens is 306 g/mol. The molecule has 0 aliphatic heterocycles. The van der Waals surface area contributed by atoms with Gasteiger partial charge in [-0.3, -0.25) is 0 Å². The van der Waals surface area contributed by atoms with Crippen LogP contribution in [0.5, 0.6) is 0 Å². The molecule has 0 aliphatic carbocycles. The van der Waals surface area contributed by atoms with Gasteiger partial charge in [-0.25, -0.2) is 9.48 Å². The highest BCUT2D eigenvalue weighted by Gasteiger charge is 2.13. The Morgan fingerprint density at radius 3 is 2.38 bits per heavy atom. The molecule has 0 saturated carbocycles. The van der Waals surface area contributed by atoms with Crippen molar-refractivity contribution in [3.05, 3.63) is 65.9 Å². The topological polar surface area (TPSA) is 106 Å². The number of aromatic nitrogens is 2. The van der Waals surface area contributed by atoms with Crippen molar-refractivity contribution in [3.8, 4) is 5.69 Å². The molecule has 7 nitrogen and oxygen atoms in total. The zero-order chi connectivity index (χ0) is 17.1. The summed E-state index contributed by atoms with van der Waals surface area (Å²) in [6, 6.07) is 15.6. The third kappa shape index (κ3) is 3.00. The van der Waals surface area contributed by atoms with E-state index in [-0.39, 0.29) is 5.56 Å². The first-order chi connectivity index (χ1) is 11.6. The Balaban J connectivity index is 1.90. The van der Waals surface area contributed by atoms with E-state index in [1.807, 2.05) is 30.3 Å². The number of nitrogens with two attached hydrogens (primary N) is 1. The highest BCUT2D eigenvalue weighted by atomic mass is 16.4. The lowest BCUT2D eigenvalue weighted by atomic mass is 10.2. The molecule has 7 heteroatoms. The van der Waals surface area contributed by atoms with E-state index in [4.69, 9.17) is 10.8 Å². The fourth-order valence-electron chi connectivity index (χ4n) is 2.20. The molecule has 120 valence electrons. The van der Waals surface area contributed by atoms with Crippen LogP contribution in [-0.2, 0) is 0 Å². The first kappa shape index (κ1) is 15.4. The number of para-hydroxylation sites is 1. The van der Waals surface area contributed by atoms with Crippen LogP contribution >= 0.6 is 0 Å². The lowest BCUT2D eigenvalue weighted by molar-refractivity contribution is 0.0697. The van der Waals surface area contributed by atoms with E-state index in [9.17, 15) is 4.79 Å². The monoisotopic (exact) mass is 321 g/mol. The molecule has 3 rings (SSSR count). The summed E-state index contributed by atoms with van der Waals surface area (Å²) in [6.07, 6.45) is 0. The van der Waals surface area contributed by atoms with E-state index in [2.05, 4.69) is 15.3 Å². The van der Waals surface area contributed by atoms with Crippen molar-refractivity contribution in [2.24, 2.45) is 10.2 Å². The number of nitrogen functional groups attached to an aromatic ring is 1. The maximum atomic E-state index is 10.8. The Kier molecular flexibility index (Phi) is 4.07. The van der Waals surface area contributed by atoms with Crippen LogP contribution in [0.2, 0.25) is 0 Å². The predicted molar refractivity (Wildman–Crippen MR) is 90.3 cm³/mol. The summed E-state index contributed by atoms with van der Waals surface area (Å²) in [4.78, 5) is 10.8. The third-order valence-corrected chi connectivity index (χ3v) is 3.44. The highest BCUT2D eigenvalue weighted by Crippen LogP contribution is 2.30. The van der Waals surface area contributed by atoms with E-state index in [1.165, 1.54) is 12.1 Å². The number of aromatic carboxylic acids is 1. The number of carboxylic acids is 1. The fourth-order valence-corrected chi connectivity index (χ4v) is 2.20. The van der Waals surface area contributed by atoms with Gasteiger partial charge in [0.05, 0.1) is 22.6 Å². The smallest absolute Gasteiger partial charge is 0.335 e. The van der Waals surface area contributed by atoms with Crippen LogP contribution < -0.4 is 5.73 Å². The number of hydrogen-bond donors (Lipinski definition) is 2. The molecule has 0 saturated heterocycles. The Hall–Kier alpha value is -3.48. The predicted octanol–water partition coefficient (Wildman–Crippen LogP) is 3.88. The molecule has 0 unspecified atom stereocenters. The van der Waals surface area contributed by atoms with E-state index in [0.29, 0.717) is 22.9 Å². The van der Waals surface area contributed by atoms with Crippen LogP contribution in [0.4, 0.5) is 17.2 Å². The zero-order valence-corrected chi connectivity index (χ0v) is 12.9. The van der Waals surface area contributed by atoms with Crippen LogP contribution in [0.1, 0.15) is 16.1 Å². The molecule has 3 aromatic rings. The molecule has 0 amide bonds. The summed E-state index contributed by atoms with van der Waals surface area (Å²) >= 11 is 0. The zero-order valence-electron chi connectivity index (χ0n) is 12.9. The van der Waals surface area contributed by atoms with Gasteiger partial charge in [0, 0.05) is 0 Å². The molecule has 0 atom stereocenters. The van der Waals surface area contributed by atoms with Gasteiger partial charge in [0.1, 0.15) is 0 Å². The molecule has 0 aliphatic rings. The van der Waals surface area contributed by atoms with Gasteiger partial charge in [-0.2, -0.15) is 10.2 Å². The lowest BCUT2D eigenvalue weighted by Crippen LogP contribution is -2.01. The largest absolute Gasteiger partial charge is 0.478 e. The number of nitrogens with zero attached hydrogens (tertiary/aromatic N) is 4. The first-order valence-electron chi connectivity index (χ1n) is 7.22. The van der Waals surface area contributed by atoms with Crippen molar-refractivity contribution in [2.45, 2.75) is 6.92 Å². The summed E-state index contributed by atoms with van der Waals surface area (Å²) in [5.74, 6) is -0.590. The SMILES string of the molecule is Cc1nn(-c2ccccc2)c(N)c1/N=N/c1ccc(C(=O)O)cc1. The standard InChI is InChI=1S/C17H15N5O2/c1-11-15(16(18)22(21-11)14-5-3-2-4-6-14)20-19-13-9-7-12(8-10-13)17(23)24/h2-10H,18H2,1H3,(H,23,24)/b20-19+. The molecule has 3 N–H and O–H groups in total. The summed E-state index contributed by atoms with van der Waals surface area (Å²) in [7, 11) is 0. The summed E-state index contributed by atoms with van der Waals surface area (Å²) < 4.78 is 1.61. The van der Waals surface area contributed by atoms with Crippen molar-refractivity contribution >= 4 is 23.2 Å². The van der Waals surface area contributed by atoms with Crippen LogP contribution in [-0.4, -0.2) is 20.9 Å². The molecule has 0 fully saturated rings. The van der Waals surface area contributed by atoms with E-state index < -0.39 is 5.97 Å². The average Bonchev–Trinajstić information content (AvgIpc) is 2.88. The molecule has 0 spiro atoms. The molecule has 24 heavy (non-hydrogen) atoms. The molecule has 1 heterocycles. The van der Waals surface area contributed by atoms with Crippen LogP contribution in [0, 0.1) is 6.92 Å². The Morgan fingerprint density at radius 1 is 1.08 bits per heavy atom. The van der Waals surface area contributed by atoms with Crippen molar-refractivity contribution in [2.75, 3.05) is 5.73 Å². The summed E-state index contributed by atoms with van der Waals surface area (Å²) in [5.41, 5.74) is 8.84. The maximum Gasteiger partial charge on any atom is 0.335 e. The fraction of sp³-hybridized carbons (Fsp3) is 0.0588. The van der Waals surface area contributed by atoms with Crippen LogP contribution in [0.15, 0.2) is 64.8 Å². The Bertz CT molecular complexity index is 899. The molecule has 0 bridgehead atoms. The van der Waals surface area contributed by atoms with E-state index >= 15 is 0 Å². The number of anilines is 1. The Morgan fingerprint density at radius 2 is 1.75 bits per heavy atom. The van der Waals surface area contributed by atoms with E-state index in [1.54, 1.807) is 23.7 Å². The van der Waals surface area contributed by atoms with Gasteiger partial charge in [0.15, 0.2) is 11.5 Å². The minimum absolute atomic E-state index is 0.196. The number of carboxylic acid groups (broad SMARTS) is 1. The third-order valence-electron chi connectivity index (χ3n) is 3.44. The van der Waals surface area contributed by atoms with Crippen molar-refractivity contribution in [1.82, 2.24) is 9.78 Å². The quantitative estimate of drug-likeness (QED) is 0.711. The molecule has 2 aromatic carbocycles. The number of rotatable bonds is 4. The normalized spacial score (nSPS) is 11.0. The van der Waals surface area contributed by atoms with Gasteiger partial charge < -0.3 is 10.8 Å². The molecule has 0 radical (unpaired) electrons. The van der Waals surface area contributed by atoms with E-state index in [0.717, 1.165) is 5.69 Å². The Labute approximate surface area is 138 Å². The number of aryl methyl sites for hydroxylation is 1. The van der Waals surface area contributed by atoms with Gasteiger partial charge in [-0.05, 0) is 43.3 Å². The number of azo groups is 1. The lowest BCUT2D eigenvalue weighted by Gasteiger charge is -2.02. The van der Waals surface area contributed by atoms with Crippen LogP contribution in [0.25, 0.3) is 5.69 Å². The van der Waals surface area contributed by atoms with Gasteiger partial charge >= 0.3 is 5.97 Å². The second kappa shape index (κ2) is 6.33. The minimum Gasteiger partial charge on any atom is -0.478 e. The van der Waals surface area contributed by atoms with Gasteiger partial charge in [0.25, 0.3) is 0 Å². The summed E-state index contributed by atoms with van der Waals surface area (Å²) in [6.45, 7) is 1.80.